The fourth-order valence-electron chi connectivity index (χ4n) is 4.70. The number of carbonyl (C=O) groups is 1. The minimum Gasteiger partial charge on any atom is -0.508 e. The topological polar surface area (TPSA) is 126 Å². The van der Waals surface area contributed by atoms with Gasteiger partial charge in [0.15, 0.2) is 17.0 Å². The van der Waals surface area contributed by atoms with Crippen LogP contribution in [0.2, 0.25) is 0 Å². The molecule has 39 heavy (non-hydrogen) atoms. The van der Waals surface area contributed by atoms with Gasteiger partial charge in [0.25, 0.3) is 0 Å². The van der Waals surface area contributed by atoms with Gasteiger partial charge in [0.2, 0.25) is 11.9 Å². The number of imidazole rings is 2. The molecular formula is C28H29N9O2. The molecule has 1 amide bonds. The summed E-state index contributed by atoms with van der Waals surface area (Å²) in [5.74, 6) is 1.53. The van der Waals surface area contributed by atoms with Gasteiger partial charge in [0, 0.05) is 56.4 Å². The second kappa shape index (κ2) is 10.8. The van der Waals surface area contributed by atoms with E-state index in [0.29, 0.717) is 49.0 Å². The predicted octanol–water partition coefficient (Wildman–Crippen LogP) is 3.74. The van der Waals surface area contributed by atoms with Gasteiger partial charge in [-0.1, -0.05) is 12.1 Å². The van der Waals surface area contributed by atoms with Gasteiger partial charge in [-0.15, -0.1) is 0 Å². The smallest absolute Gasteiger partial charge is 0.231 e. The summed E-state index contributed by atoms with van der Waals surface area (Å²) in [5, 5.41) is 16.3. The standard InChI is InChI=1S/C28H29N9O2/c38-23-9-3-20(4-10-23)11-12-30-26-25-27(37(19-31-25)17-16-35-14-1-2-24(35)39)34-28(33-26)32-21-5-7-22(8-6-21)36-15-13-29-18-36/h3-10,13,15,18-19,38H,1-2,11-12,14,16-17H2,(H2,30,32,33,34). The minimum atomic E-state index is 0.201. The highest BCUT2D eigenvalue weighted by Gasteiger charge is 2.20. The van der Waals surface area contributed by atoms with Gasteiger partial charge < -0.3 is 29.8 Å². The molecule has 0 atom stereocenters. The first kappa shape index (κ1) is 24.4. The van der Waals surface area contributed by atoms with E-state index in [0.717, 1.165) is 36.3 Å². The van der Waals surface area contributed by atoms with Crippen molar-refractivity contribution in [3.63, 3.8) is 0 Å². The fraction of sp³-hybridized carbons (Fsp3) is 0.250. The minimum absolute atomic E-state index is 0.201. The molecule has 1 aliphatic rings. The maximum absolute atomic E-state index is 12.1. The van der Waals surface area contributed by atoms with Gasteiger partial charge in [-0.05, 0) is 54.8 Å². The van der Waals surface area contributed by atoms with Crippen molar-refractivity contribution in [2.75, 3.05) is 30.3 Å². The lowest BCUT2D eigenvalue weighted by Crippen LogP contribution is -2.28. The number of aromatic hydroxyl groups is 1. The molecule has 0 aliphatic carbocycles. The molecular weight excluding hydrogens is 494 g/mol. The highest BCUT2D eigenvalue weighted by molar-refractivity contribution is 5.85. The number of phenolic OH excluding ortho intramolecular Hbond substituents is 1. The van der Waals surface area contributed by atoms with E-state index in [4.69, 9.17) is 9.97 Å². The Bertz CT molecular complexity index is 1560. The number of anilines is 3. The molecule has 0 radical (unpaired) electrons. The average Bonchev–Trinajstić information content (AvgIpc) is 3.71. The molecule has 4 heterocycles. The number of aromatic nitrogens is 6. The van der Waals surface area contributed by atoms with E-state index in [-0.39, 0.29) is 11.7 Å². The van der Waals surface area contributed by atoms with E-state index in [1.807, 2.05) is 56.6 Å². The molecule has 5 aromatic rings. The van der Waals surface area contributed by atoms with E-state index in [2.05, 4.69) is 20.6 Å². The second-order valence-electron chi connectivity index (χ2n) is 9.48. The van der Waals surface area contributed by atoms with Crippen LogP contribution in [-0.4, -0.2) is 64.6 Å². The maximum Gasteiger partial charge on any atom is 0.231 e. The molecule has 1 fully saturated rings. The zero-order valence-electron chi connectivity index (χ0n) is 21.4. The number of carbonyl (C=O) groups excluding carboxylic acids is 1. The molecule has 1 saturated heterocycles. The molecule has 3 N–H and O–H groups in total. The lowest BCUT2D eigenvalue weighted by atomic mass is 10.1. The third kappa shape index (κ3) is 5.52. The third-order valence-electron chi connectivity index (χ3n) is 6.81. The normalized spacial score (nSPS) is 13.3. The second-order valence-corrected chi connectivity index (χ2v) is 9.48. The number of nitrogens with one attached hydrogen (secondary N) is 2. The van der Waals surface area contributed by atoms with Crippen LogP contribution in [-0.2, 0) is 17.8 Å². The number of rotatable bonds is 10. The number of hydrogen-bond acceptors (Lipinski definition) is 8. The first-order chi connectivity index (χ1) is 19.1. The quantitative estimate of drug-likeness (QED) is 0.253. The van der Waals surface area contributed by atoms with Crippen molar-refractivity contribution in [1.82, 2.24) is 34.0 Å². The predicted molar refractivity (Wildman–Crippen MR) is 148 cm³/mol. The van der Waals surface area contributed by atoms with Crippen LogP contribution < -0.4 is 10.6 Å². The summed E-state index contributed by atoms with van der Waals surface area (Å²) < 4.78 is 3.91. The monoisotopic (exact) mass is 523 g/mol. The van der Waals surface area contributed by atoms with Crippen LogP contribution >= 0.6 is 0 Å². The Kier molecular flexibility index (Phi) is 6.77. The molecule has 11 heteroatoms. The van der Waals surface area contributed by atoms with Crippen molar-refractivity contribution in [2.45, 2.75) is 25.8 Å². The van der Waals surface area contributed by atoms with Gasteiger partial charge >= 0.3 is 0 Å². The van der Waals surface area contributed by atoms with Crippen molar-refractivity contribution >= 4 is 34.5 Å². The van der Waals surface area contributed by atoms with E-state index in [1.54, 1.807) is 31.0 Å². The Balaban J connectivity index is 1.24. The van der Waals surface area contributed by atoms with Crippen LogP contribution in [0.15, 0.2) is 73.6 Å². The van der Waals surface area contributed by atoms with E-state index >= 15 is 0 Å². The summed E-state index contributed by atoms with van der Waals surface area (Å²) in [6.45, 7) is 2.65. The third-order valence-corrected chi connectivity index (χ3v) is 6.81. The SMILES string of the molecule is O=C1CCCN1CCn1cnc2c(NCCc3ccc(O)cc3)nc(Nc3ccc(-n4ccnc4)cc3)nc21. The molecule has 6 rings (SSSR count). The average molecular weight is 524 g/mol. The zero-order chi connectivity index (χ0) is 26.6. The van der Waals surface area contributed by atoms with Gasteiger partial charge in [0.05, 0.1) is 12.7 Å². The van der Waals surface area contributed by atoms with Crippen molar-refractivity contribution in [3.05, 3.63) is 79.1 Å². The lowest BCUT2D eigenvalue weighted by molar-refractivity contribution is -0.127. The summed E-state index contributed by atoms with van der Waals surface area (Å²) >= 11 is 0. The first-order valence-corrected chi connectivity index (χ1v) is 13.0. The van der Waals surface area contributed by atoms with Crippen molar-refractivity contribution in [3.8, 4) is 11.4 Å². The number of benzene rings is 2. The highest BCUT2D eigenvalue weighted by Crippen LogP contribution is 2.24. The Hall–Kier alpha value is -4.93. The number of likely N-dealkylation sites (tertiary alicyclic amines) is 1. The summed E-state index contributed by atoms with van der Waals surface area (Å²) in [7, 11) is 0. The number of fused-ring (bicyclic) bond motifs is 1. The number of phenols is 1. The van der Waals surface area contributed by atoms with Gasteiger partial charge in [-0.2, -0.15) is 9.97 Å². The lowest BCUT2D eigenvalue weighted by Gasteiger charge is -2.16. The molecule has 0 spiro atoms. The first-order valence-electron chi connectivity index (χ1n) is 13.0. The summed E-state index contributed by atoms with van der Waals surface area (Å²) in [4.78, 5) is 32.2. The Morgan fingerprint density at radius 2 is 1.82 bits per heavy atom. The zero-order valence-corrected chi connectivity index (χ0v) is 21.4. The molecule has 0 unspecified atom stereocenters. The summed E-state index contributed by atoms with van der Waals surface area (Å²) in [6, 6.07) is 15.1. The Morgan fingerprint density at radius 1 is 0.974 bits per heavy atom. The number of hydrogen-bond donors (Lipinski definition) is 3. The summed E-state index contributed by atoms with van der Waals surface area (Å²) in [5.41, 5.74) is 4.32. The maximum atomic E-state index is 12.1. The number of nitrogens with zero attached hydrogens (tertiary/aromatic N) is 7. The van der Waals surface area contributed by atoms with Crippen molar-refractivity contribution in [2.24, 2.45) is 0 Å². The molecule has 0 saturated carbocycles. The van der Waals surface area contributed by atoms with Crippen LogP contribution in [0, 0.1) is 0 Å². The molecule has 11 nitrogen and oxygen atoms in total. The van der Waals surface area contributed by atoms with Crippen LogP contribution in [0.5, 0.6) is 5.75 Å². The van der Waals surface area contributed by atoms with Gasteiger partial charge in [0.1, 0.15) is 5.75 Å². The van der Waals surface area contributed by atoms with Crippen molar-refractivity contribution < 1.29 is 9.90 Å². The van der Waals surface area contributed by atoms with Crippen molar-refractivity contribution in [1.29, 1.82) is 0 Å². The van der Waals surface area contributed by atoms with Crippen LogP contribution in [0.25, 0.3) is 16.9 Å². The van der Waals surface area contributed by atoms with Crippen LogP contribution in [0.4, 0.5) is 17.5 Å². The van der Waals surface area contributed by atoms with E-state index in [1.165, 1.54) is 0 Å². The highest BCUT2D eigenvalue weighted by atomic mass is 16.3. The molecule has 3 aromatic heterocycles. The molecule has 198 valence electrons. The number of amides is 1. The molecule has 2 aromatic carbocycles. The Labute approximate surface area is 225 Å². The molecule has 0 bridgehead atoms. The van der Waals surface area contributed by atoms with Gasteiger partial charge in [-0.25, -0.2) is 9.97 Å². The Morgan fingerprint density at radius 3 is 2.56 bits per heavy atom. The summed E-state index contributed by atoms with van der Waals surface area (Å²) in [6.07, 6.45) is 9.44. The molecule has 1 aliphatic heterocycles. The van der Waals surface area contributed by atoms with Gasteiger partial charge in [-0.3, -0.25) is 4.79 Å². The fourth-order valence-corrected chi connectivity index (χ4v) is 4.70. The van der Waals surface area contributed by atoms with Crippen LogP contribution in [0.3, 0.4) is 0 Å². The van der Waals surface area contributed by atoms with Crippen LogP contribution in [0.1, 0.15) is 18.4 Å². The van der Waals surface area contributed by atoms with E-state index < -0.39 is 0 Å². The largest absolute Gasteiger partial charge is 0.508 e. The van der Waals surface area contributed by atoms with E-state index in [9.17, 15) is 9.90 Å².